The van der Waals surface area contributed by atoms with E-state index in [1.165, 1.54) is 45.1 Å². The van der Waals surface area contributed by atoms with Gasteiger partial charge in [0.15, 0.2) is 0 Å². The van der Waals surface area contributed by atoms with Crippen molar-refractivity contribution in [2.24, 2.45) is 17.3 Å². The first kappa shape index (κ1) is 11.4. The van der Waals surface area contributed by atoms with Crippen molar-refractivity contribution < 1.29 is 0 Å². The van der Waals surface area contributed by atoms with Gasteiger partial charge in [-0.15, -0.1) is 0 Å². The summed E-state index contributed by atoms with van der Waals surface area (Å²) in [6, 6.07) is 0.755. The minimum atomic E-state index is 0.514. The predicted octanol–water partition coefficient (Wildman–Crippen LogP) is 3.59. The Labute approximate surface area is 95.0 Å². The van der Waals surface area contributed by atoms with Crippen molar-refractivity contribution in [3.63, 3.8) is 0 Å². The molecule has 2 rings (SSSR count). The van der Waals surface area contributed by atoms with Gasteiger partial charge in [-0.3, -0.25) is 0 Å². The largest absolute Gasteiger partial charge is 0.313 e. The lowest BCUT2D eigenvalue weighted by atomic mass is 9.77. The van der Waals surface area contributed by atoms with Crippen LogP contribution in [-0.4, -0.2) is 12.6 Å². The highest BCUT2D eigenvalue weighted by atomic mass is 14.9. The number of rotatable bonds is 5. The number of hydrogen-bond acceptors (Lipinski definition) is 1. The average molecular weight is 209 g/mol. The second-order valence-corrected chi connectivity index (χ2v) is 6.48. The minimum Gasteiger partial charge on any atom is -0.313 e. The van der Waals surface area contributed by atoms with E-state index in [2.05, 4.69) is 26.1 Å². The van der Waals surface area contributed by atoms with Gasteiger partial charge in [0.25, 0.3) is 0 Å². The Morgan fingerprint density at radius 1 is 1.13 bits per heavy atom. The molecule has 1 atom stereocenters. The second-order valence-electron chi connectivity index (χ2n) is 6.48. The molecule has 2 aliphatic rings. The molecule has 0 aromatic heterocycles. The Kier molecular flexibility index (Phi) is 3.39. The molecular formula is C14H27N. The molecule has 1 N–H and O–H groups in total. The third-order valence-electron chi connectivity index (χ3n) is 4.67. The van der Waals surface area contributed by atoms with Gasteiger partial charge in [-0.05, 0) is 49.9 Å². The fourth-order valence-corrected chi connectivity index (χ4v) is 3.04. The Morgan fingerprint density at radius 3 is 2.27 bits per heavy atom. The molecule has 0 saturated heterocycles. The SMILES string of the molecule is CC(NCC(C)(C)C1CCCC1)C1CC1. The lowest BCUT2D eigenvalue weighted by Gasteiger charge is -2.33. The van der Waals surface area contributed by atoms with Crippen molar-refractivity contribution in [2.45, 2.75) is 65.3 Å². The molecule has 2 fully saturated rings. The summed E-state index contributed by atoms with van der Waals surface area (Å²) < 4.78 is 0. The molecule has 1 nitrogen and oxygen atoms in total. The number of nitrogens with one attached hydrogen (secondary N) is 1. The molecule has 0 bridgehead atoms. The fraction of sp³-hybridized carbons (Fsp3) is 1.00. The van der Waals surface area contributed by atoms with Gasteiger partial charge in [0.1, 0.15) is 0 Å². The summed E-state index contributed by atoms with van der Waals surface area (Å²) in [7, 11) is 0. The Morgan fingerprint density at radius 2 is 1.73 bits per heavy atom. The average Bonchev–Trinajstić information content (AvgIpc) is 2.89. The highest BCUT2D eigenvalue weighted by Crippen LogP contribution is 2.39. The van der Waals surface area contributed by atoms with Gasteiger partial charge in [-0.25, -0.2) is 0 Å². The Hall–Kier alpha value is -0.0400. The summed E-state index contributed by atoms with van der Waals surface area (Å²) in [4.78, 5) is 0. The summed E-state index contributed by atoms with van der Waals surface area (Å²) >= 11 is 0. The molecule has 0 aromatic rings. The van der Waals surface area contributed by atoms with Crippen molar-refractivity contribution in [3.8, 4) is 0 Å². The van der Waals surface area contributed by atoms with E-state index in [1.807, 2.05) is 0 Å². The van der Waals surface area contributed by atoms with E-state index < -0.39 is 0 Å². The molecule has 0 radical (unpaired) electrons. The van der Waals surface area contributed by atoms with Gasteiger partial charge in [-0.1, -0.05) is 26.7 Å². The van der Waals surface area contributed by atoms with Crippen LogP contribution in [0.3, 0.4) is 0 Å². The molecule has 1 unspecified atom stereocenters. The predicted molar refractivity (Wildman–Crippen MR) is 65.9 cm³/mol. The van der Waals surface area contributed by atoms with Crippen LogP contribution in [0.1, 0.15) is 59.3 Å². The molecule has 0 aromatic carbocycles. The van der Waals surface area contributed by atoms with Crippen LogP contribution in [0.4, 0.5) is 0 Å². The zero-order valence-electron chi connectivity index (χ0n) is 10.7. The van der Waals surface area contributed by atoms with Crippen LogP contribution in [0.15, 0.2) is 0 Å². The first-order chi connectivity index (χ1) is 7.09. The Balaban J connectivity index is 1.75. The fourth-order valence-electron chi connectivity index (χ4n) is 3.04. The molecule has 88 valence electrons. The van der Waals surface area contributed by atoms with Gasteiger partial charge in [0.2, 0.25) is 0 Å². The van der Waals surface area contributed by atoms with E-state index in [0.29, 0.717) is 5.41 Å². The van der Waals surface area contributed by atoms with Crippen LogP contribution in [0.2, 0.25) is 0 Å². The van der Waals surface area contributed by atoms with Gasteiger partial charge < -0.3 is 5.32 Å². The van der Waals surface area contributed by atoms with Crippen LogP contribution < -0.4 is 5.32 Å². The molecule has 0 amide bonds. The van der Waals surface area contributed by atoms with E-state index >= 15 is 0 Å². The van der Waals surface area contributed by atoms with Crippen molar-refractivity contribution in [1.29, 1.82) is 0 Å². The maximum absolute atomic E-state index is 3.76. The van der Waals surface area contributed by atoms with Gasteiger partial charge in [-0.2, -0.15) is 0 Å². The standard InChI is InChI=1S/C14H27N/c1-11(12-8-9-12)15-10-14(2,3)13-6-4-5-7-13/h11-13,15H,4-10H2,1-3H3. The monoisotopic (exact) mass is 209 g/mol. The third-order valence-corrected chi connectivity index (χ3v) is 4.67. The van der Waals surface area contributed by atoms with Crippen LogP contribution >= 0.6 is 0 Å². The molecule has 0 spiro atoms. The maximum atomic E-state index is 3.76. The van der Waals surface area contributed by atoms with Crippen LogP contribution in [-0.2, 0) is 0 Å². The van der Waals surface area contributed by atoms with E-state index in [-0.39, 0.29) is 0 Å². The second kappa shape index (κ2) is 4.45. The summed E-state index contributed by atoms with van der Waals surface area (Å²) in [6.07, 6.45) is 8.77. The first-order valence-corrected chi connectivity index (χ1v) is 6.83. The number of hydrogen-bond donors (Lipinski definition) is 1. The van der Waals surface area contributed by atoms with Crippen LogP contribution in [0.5, 0.6) is 0 Å². The van der Waals surface area contributed by atoms with Gasteiger partial charge in [0, 0.05) is 12.6 Å². The molecular weight excluding hydrogens is 182 g/mol. The van der Waals surface area contributed by atoms with Crippen molar-refractivity contribution in [3.05, 3.63) is 0 Å². The van der Waals surface area contributed by atoms with E-state index in [4.69, 9.17) is 0 Å². The minimum absolute atomic E-state index is 0.514. The Bertz CT molecular complexity index is 199. The summed E-state index contributed by atoms with van der Waals surface area (Å²) in [5.41, 5.74) is 0.514. The first-order valence-electron chi connectivity index (χ1n) is 6.83. The molecule has 1 heteroatoms. The van der Waals surface area contributed by atoms with Crippen molar-refractivity contribution in [1.82, 2.24) is 5.32 Å². The zero-order valence-corrected chi connectivity index (χ0v) is 10.7. The zero-order chi connectivity index (χ0) is 10.9. The molecule has 15 heavy (non-hydrogen) atoms. The van der Waals surface area contributed by atoms with Crippen molar-refractivity contribution >= 4 is 0 Å². The van der Waals surface area contributed by atoms with Gasteiger partial charge in [0.05, 0.1) is 0 Å². The normalized spacial score (nSPS) is 25.8. The van der Waals surface area contributed by atoms with Crippen molar-refractivity contribution in [2.75, 3.05) is 6.54 Å². The quantitative estimate of drug-likeness (QED) is 0.729. The topological polar surface area (TPSA) is 12.0 Å². The summed E-state index contributed by atoms with van der Waals surface area (Å²) in [5.74, 6) is 1.96. The molecule has 2 aliphatic carbocycles. The third kappa shape index (κ3) is 2.96. The molecule has 2 saturated carbocycles. The summed E-state index contributed by atoms with van der Waals surface area (Å²) in [6.45, 7) is 8.49. The van der Waals surface area contributed by atoms with Crippen LogP contribution in [0, 0.1) is 17.3 Å². The highest BCUT2D eigenvalue weighted by Gasteiger charge is 2.33. The summed E-state index contributed by atoms with van der Waals surface area (Å²) in [5, 5.41) is 3.76. The van der Waals surface area contributed by atoms with E-state index in [0.717, 1.165) is 17.9 Å². The van der Waals surface area contributed by atoms with Gasteiger partial charge >= 0.3 is 0 Å². The van der Waals surface area contributed by atoms with E-state index in [1.54, 1.807) is 0 Å². The molecule has 0 aliphatic heterocycles. The molecule has 0 heterocycles. The lowest BCUT2D eigenvalue weighted by Crippen LogP contribution is -2.39. The smallest absolute Gasteiger partial charge is 0.00672 e. The lowest BCUT2D eigenvalue weighted by molar-refractivity contribution is 0.199. The van der Waals surface area contributed by atoms with E-state index in [9.17, 15) is 0 Å². The maximum Gasteiger partial charge on any atom is 0.00672 e. The van der Waals surface area contributed by atoms with Crippen LogP contribution in [0.25, 0.3) is 0 Å². The highest BCUT2D eigenvalue weighted by molar-refractivity contribution is 4.88.